The molecule has 2 heterocycles. The molecule has 1 aliphatic heterocycles. The van der Waals surface area contributed by atoms with Crippen molar-refractivity contribution in [1.82, 2.24) is 9.88 Å². The van der Waals surface area contributed by atoms with Gasteiger partial charge in [0.1, 0.15) is 16.5 Å². The molecule has 0 fully saturated rings. The van der Waals surface area contributed by atoms with E-state index in [0.29, 0.717) is 24.8 Å². The largest absolute Gasteiger partial charge is 0.496 e. The highest BCUT2D eigenvalue weighted by molar-refractivity contribution is 7.11. The Balaban J connectivity index is 1.85. The standard InChI is InChI=1S/C18H24N2O3S/c1-11(2)16-7-19-17(24-16)10-20-8-12-14(22-3)5-6-15(23-4)18(12)13(21)9-20/h5-7,11,13,21H,8-10H2,1-4H3/t13-/m0/s1. The lowest BCUT2D eigenvalue weighted by atomic mass is 9.95. The van der Waals surface area contributed by atoms with Gasteiger partial charge in [-0.25, -0.2) is 4.98 Å². The average molecular weight is 348 g/mol. The summed E-state index contributed by atoms with van der Waals surface area (Å²) < 4.78 is 10.9. The number of thiazole rings is 1. The fourth-order valence-corrected chi connectivity index (χ4v) is 4.09. The first-order valence-corrected chi connectivity index (χ1v) is 8.93. The van der Waals surface area contributed by atoms with E-state index in [2.05, 4.69) is 23.7 Å². The summed E-state index contributed by atoms with van der Waals surface area (Å²) in [6.45, 7) is 6.36. The Morgan fingerprint density at radius 2 is 2.00 bits per heavy atom. The zero-order valence-electron chi connectivity index (χ0n) is 14.6. The van der Waals surface area contributed by atoms with Gasteiger partial charge in [0.25, 0.3) is 0 Å². The van der Waals surface area contributed by atoms with E-state index >= 15 is 0 Å². The first-order valence-electron chi connectivity index (χ1n) is 8.12. The van der Waals surface area contributed by atoms with Crippen LogP contribution in [0.2, 0.25) is 0 Å². The number of methoxy groups -OCH3 is 2. The second-order valence-corrected chi connectivity index (χ2v) is 7.51. The second-order valence-electron chi connectivity index (χ2n) is 6.36. The van der Waals surface area contributed by atoms with Gasteiger partial charge in [-0.3, -0.25) is 4.90 Å². The summed E-state index contributed by atoms with van der Waals surface area (Å²) in [5.74, 6) is 2.00. The SMILES string of the molecule is COc1ccc(OC)c2c1CN(Cc1ncc(C(C)C)s1)C[C@@H]2O. The van der Waals surface area contributed by atoms with Crippen molar-refractivity contribution in [3.63, 3.8) is 0 Å². The van der Waals surface area contributed by atoms with Crippen LogP contribution in [0.4, 0.5) is 0 Å². The number of hydrogen-bond donors (Lipinski definition) is 1. The van der Waals surface area contributed by atoms with Crippen LogP contribution in [0.5, 0.6) is 11.5 Å². The Hall–Kier alpha value is -1.63. The molecule has 1 atom stereocenters. The molecule has 0 radical (unpaired) electrons. The van der Waals surface area contributed by atoms with Crippen LogP contribution in [0.15, 0.2) is 18.3 Å². The zero-order chi connectivity index (χ0) is 17.3. The van der Waals surface area contributed by atoms with Crippen LogP contribution < -0.4 is 9.47 Å². The van der Waals surface area contributed by atoms with Gasteiger partial charge in [-0.1, -0.05) is 13.8 Å². The van der Waals surface area contributed by atoms with Gasteiger partial charge in [0.15, 0.2) is 0 Å². The predicted octanol–water partition coefficient (Wildman–Crippen LogP) is 3.33. The Labute approximate surface area is 146 Å². The summed E-state index contributed by atoms with van der Waals surface area (Å²) >= 11 is 1.74. The maximum absolute atomic E-state index is 10.6. The van der Waals surface area contributed by atoms with Crippen LogP contribution in [-0.2, 0) is 13.1 Å². The van der Waals surface area contributed by atoms with E-state index in [1.165, 1.54) is 4.88 Å². The highest BCUT2D eigenvalue weighted by Crippen LogP contribution is 2.39. The summed E-state index contributed by atoms with van der Waals surface area (Å²) in [5, 5.41) is 11.7. The zero-order valence-corrected chi connectivity index (χ0v) is 15.4. The lowest BCUT2D eigenvalue weighted by Gasteiger charge is -2.33. The number of ether oxygens (including phenoxy) is 2. The Morgan fingerprint density at radius 1 is 1.29 bits per heavy atom. The third kappa shape index (κ3) is 3.27. The van der Waals surface area contributed by atoms with E-state index in [-0.39, 0.29) is 0 Å². The molecule has 0 saturated heterocycles. The quantitative estimate of drug-likeness (QED) is 0.898. The third-order valence-electron chi connectivity index (χ3n) is 4.36. The van der Waals surface area contributed by atoms with Crippen LogP contribution >= 0.6 is 11.3 Å². The molecule has 6 heteroatoms. The molecule has 1 aromatic carbocycles. The molecule has 0 unspecified atom stereocenters. The molecule has 0 aliphatic carbocycles. The van der Waals surface area contributed by atoms with Crippen LogP contribution in [-0.4, -0.2) is 35.8 Å². The van der Waals surface area contributed by atoms with E-state index in [1.807, 2.05) is 18.3 Å². The fourth-order valence-electron chi connectivity index (χ4n) is 3.12. The van der Waals surface area contributed by atoms with Gasteiger partial charge < -0.3 is 14.6 Å². The number of aliphatic hydroxyl groups is 1. The van der Waals surface area contributed by atoms with Gasteiger partial charge in [0.2, 0.25) is 0 Å². The maximum atomic E-state index is 10.6. The molecule has 24 heavy (non-hydrogen) atoms. The number of nitrogens with zero attached hydrogens (tertiary/aromatic N) is 2. The van der Waals surface area contributed by atoms with Crippen molar-refractivity contribution in [2.24, 2.45) is 0 Å². The Morgan fingerprint density at radius 3 is 2.62 bits per heavy atom. The molecule has 1 aliphatic rings. The van der Waals surface area contributed by atoms with Crippen LogP contribution in [0.25, 0.3) is 0 Å². The highest BCUT2D eigenvalue weighted by Gasteiger charge is 2.30. The maximum Gasteiger partial charge on any atom is 0.125 e. The van der Waals surface area contributed by atoms with Gasteiger partial charge in [-0.2, -0.15) is 0 Å². The molecule has 0 saturated carbocycles. The molecule has 0 spiro atoms. The van der Waals surface area contributed by atoms with E-state index in [9.17, 15) is 5.11 Å². The van der Waals surface area contributed by atoms with Crippen molar-refractivity contribution in [3.8, 4) is 11.5 Å². The van der Waals surface area contributed by atoms with E-state index in [0.717, 1.165) is 28.4 Å². The van der Waals surface area contributed by atoms with Crippen molar-refractivity contribution in [1.29, 1.82) is 0 Å². The van der Waals surface area contributed by atoms with Crippen molar-refractivity contribution >= 4 is 11.3 Å². The van der Waals surface area contributed by atoms with Crippen molar-refractivity contribution < 1.29 is 14.6 Å². The van der Waals surface area contributed by atoms with Gasteiger partial charge in [-0.05, 0) is 18.1 Å². The number of benzene rings is 1. The molecule has 2 aromatic rings. The Bertz CT molecular complexity index is 714. The highest BCUT2D eigenvalue weighted by atomic mass is 32.1. The van der Waals surface area contributed by atoms with Gasteiger partial charge in [0.05, 0.1) is 26.9 Å². The van der Waals surface area contributed by atoms with Crippen LogP contribution in [0, 0.1) is 0 Å². The minimum Gasteiger partial charge on any atom is -0.496 e. The van der Waals surface area contributed by atoms with Gasteiger partial charge >= 0.3 is 0 Å². The normalized spacial score (nSPS) is 17.8. The Kier molecular flexibility index (Phi) is 5.08. The molecule has 130 valence electrons. The summed E-state index contributed by atoms with van der Waals surface area (Å²) in [7, 11) is 3.29. The summed E-state index contributed by atoms with van der Waals surface area (Å²) in [4.78, 5) is 8.03. The fraction of sp³-hybridized carbons (Fsp3) is 0.500. The molecule has 1 aromatic heterocycles. The number of aromatic nitrogens is 1. The molecule has 0 bridgehead atoms. The van der Waals surface area contributed by atoms with Crippen molar-refractivity contribution in [2.45, 2.75) is 39.0 Å². The summed E-state index contributed by atoms with van der Waals surface area (Å²) in [6, 6.07) is 3.75. The third-order valence-corrected chi connectivity index (χ3v) is 5.64. The molecular formula is C18H24N2O3S. The van der Waals surface area contributed by atoms with E-state index < -0.39 is 6.10 Å². The minimum atomic E-state index is -0.594. The molecule has 1 N–H and O–H groups in total. The topological polar surface area (TPSA) is 54.8 Å². The molecule has 3 rings (SSSR count). The first-order chi connectivity index (χ1) is 11.5. The summed E-state index contributed by atoms with van der Waals surface area (Å²) in [5.41, 5.74) is 1.84. The molecule has 0 amide bonds. The van der Waals surface area contributed by atoms with E-state index in [1.54, 1.807) is 25.6 Å². The lowest BCUT2D eigenvalue weighted by molar-refractivity contribution is 0.0843. The lowest BCUT2D eigenvalue weighted by Crippen LogP contribution is -2.33. The van der Waals surface area contributed by atoms with Crippen LogP contribution in [0.3, 0.4) is 0 Å². The average Bonchev–Trinajstić information content (AvgIpc) is 3.02. The smallest absolute Gasteiger partial charge is 0.125 e. The van der Waals surface area contributed by atoms with Crippen LogP contribution in [0.1, 0.15) is 46.9 Å². The molecular weight excluding hydrogens is 324 g/mol. The molecule has 5 nitrogen and oxygen atoms in total. The van der Waals surface area contributed by atoms with Crippen molar-refractivity contribution in [3.05, 3.63) is 39.3 Å². The number of β-amino-alcohol motifs (C(OH)–C–C–N with tert-alkyl or cyclic N) is 1. The summed E-state index contributed by atoms with van der Waals surface area (Å²) in [6.07, 6.45) is 1.37. The van der Waals surface area contributed by atoms with Gasteiger partial charge in [-0.15, -0.1) is 11.3 Å². The minimum absolute atomic E-state index is 0.494. The number of aliphatic hydroxyl groups excluding tert-OH is 1. The van der Waals surface area contributed by atoms with Crippen molar-refractivity contribution in [2.75, 3.05) is 20.8 Å². The number of fused-ring (bicyclic) bond motifs is 1. The number of rotatable bonds is 5. The van der Waals surface area contributed by atoms with Gasteiger partial charge in [0, 0.05) is 35.3 Å². The van der Waals surface area contributed by atoms with E-state index in [4.69, 9.17) is 9.47 Å². The second kappa shape index (κ2) is 7.09. The monoisotopic (exact) mass is 348 g/mol. The predicted molar refractivity (Wildman–Crippen MR) is 94.8 cm³/mol. The number of hydrogen-bond acceptors (Lipinski definition) is 6. The first kappa shape index (κ1) is 17.2.